The van der Waals surface area contributed by atoms with E-state index in [2.05, 4.69) is 9.56 Å². The van der Waals surface area contributed by atoms with Crippen LogP contribution in [0, 0.1) is 0 Å². The minimum absolute atomic E-state index is 1.32. The summed E-state index contributed by atoms with van der Waals surface area (Å²) in [5, 5.41) is 0. The second kappa shape index (κ2) is 2.60. The molecule has 8 heavy (non-hydrogen) atoms. The fourth-order valence-electron chi connectivity index (χ4n) is 0.290. The highest BCUT2D eigenvalue weighted by molar-refractivity contribution is 7.42. The highest BCUT2D eigenvalue weighted by Gasteiger charge is 2.14. The molecule has 4 heteroatoms. The number of rotatable bonds is 0. The third-order valence-electron chi connectivity index (χ3n) is 0.570. The molecule has 0 spiro atoms. The molecule has 0 aromatic heterocycles. The third kappa shape index (κ3) is 1.45. The Morgan fingerprint density at radius 2 is 2.25 bits per heavy atom. The molecule has 0 radical (unpaired) electrons. The van der Waals surface area contributed by atoms with Crippen molar-refractivity contribution in [1.29, 1.82) is 0 Å². The van der Waals surface area contributed by atoms with Gasteiger partial charge >= 0.3 is 8.03 Å². The summed E-state index contributed by atoms with van der Waals surface area (Å²) in [5.41, 5.74) is 0. The molecular weight excluding hydrogens is 127 g/mol. The van der Waals surface area contributed by atoms with Gasteiger partial charge in [0.1, 0.15) is 6.26 Å². The van der Waals surface area contributed by atoms with Gasteiger partial charge in [-0.25, -0.2) is 0 Å². The van der Waals surface area contributed by atoms with Gasteiger partial charge in [0, 0.05) is 0 Å². The van der Waals surface area contributed by atoms with Crippen LogP contribution in [0.25, 0.3) is 0 Å². The van der Waals surface area contributed by atoms with Crippen molar-refractivity contribution in [3.63, 3.8) is 0 Å². The molecule has 0 N–H and O–H groups in total. The zero-order valence-electron chi connectivity index (χ0n) is 3.98. The molecule has 1 unspecified atom stereocenters. The molecule has 3 nitrogen and oxygen atoms in total. The molecule has 0 saturated heterocycles. The number of hydrogen-bond donors (Lipinski definition) is 0. The maximum Gasteiger partial charge on any atom is 0.584 e. The topological polar surface area (TPSA) is 35.5 Å². The first-order chi connectivity index (χ1) is 3.89. The Morgan fingerprint density at radius 1 is 1.38 bits per heavy atom. The van der Waals surface area contributed by atoms with Crippen LogP contribution in [0.15, 0.2) is 24.2 Å². The summed E-state index contributed by atoms with van der Waals surface area (Å²) in [5.74, 6) is 1.42. The zero-order valence-corrected chi connectivity index (χ0v) is 4.88. The summed E-state index contributed by atoms with van der Waals surface area (Å²) in [7, 11) is -1.73. The lowest BCUT2D eigenvalue weighted by Crippen LogP contribution is -1.68. The van der Waals surface area contributed by atoms with Crippen LogP contribution < -0.4 is 0 Å². The molecule has 1 aliphatic heterocycles. The van der Waals surface area contributed by atoms with Crippen LogP contribution in [0.4, 0.5) is 0 Å². The molecule has 42 valence electrons. The van der Waals surface area contributed by atoms with Gasteiger partial charge in [0.05, 0.1) is 4.67 Å². The average molecular weight is 131 g/mol. The van der Waals surface area contributed by atoms with Crippen LogP contribution in [0.1, 0.15) is 0 Å². The Bertz CT molecular complexity index is 149. The first-order valence-corrected chi connectivity index (χ1v) is 3.27. The maximum atomic E-state index is 10.4. The van der Waals surface area contributed by atoms with E-state index in [1.165, 1.54) is 12.1 Å². The molecule has 0 aromatic rings. The molecule has 0 aromatic carbocycles. The molecule has 0 bridgehead atoms. The van der Waals surface area contributed by atoms with E-state index in [-0.39, 0.29) is 0 Å². The van der Waals surface area contributed by atoms with Crippen molar-refractivity contribution in [2.45, 2.75) is 0 Å². The third-order valence-corrected chi connectivity index (χ3v) is 1.22. The molecular formula is C4H4O3P+. The van der Waals surface area contributed by atoms with E-state index in [0.29, 0.717) is 0 Å². The zero-order chi connectivity index (χ0) is 5.82. The van der Waals surface area contributed by atoms with E-state index in [9.17, 15) is 4.57 Å². The summed E-state index contributed by atoms with van der Waals surface area (Å²) >= 11 is 0. The van der Waals surface area contributed by atoms with E-state index in [4.69, 9.17) is 0 Å². The largest absolute Gasteiger partial charge is 0.584 e. The normalized spacial score (nSPS) is 22.2. The lowest BCUT2D eigenvalue weighted by Gasteiger charge is -1.76. The first-order valence-electron chi connectivity index (χ1n) is 2.03. The second-order valence-corrected chi connectivity index (χ2v) is 2.14. The second-order valence-electron chi connectivity index (χ2n) is 1.13. The highest BCUT2D eigenvalue weighted by Crippen LogP contribution is 2.25. The Morgan fingerprint density at radius 3 is 3.12 bits per heavy atom. The van der Waals surface area contributed by atoms with Crippen LogP contribution in [-0.4, -0.2) is 0 Å². The van der Waals surface area contributed by atoms with E-state index < -0.39 is 8.03 Å². The first kappa shape index (κ1) is 5.48. The van der Waals surface area contributed by atoms with Crippen molar-refractivity contribution in [3.8, 4) is 0 Å². The molecule has 0 saturated carbocycles. The Kier molecular flexibility index (Phi) is 1.78. The van der Waals surface area contributed by atoms with E-state index in [1.807, 2.05) is 0 Å². The van der Waals surface area contributed by atoms with Gasteiger partial charge in [0.15, 0.2) is 5.82 Å². The summed E-state index contributed by atoms with van der Waals surface area (Å²) in [6.07, 6.45) is 4.52. The van der Waals surface area contributed by atoms with Crippen LogP contribution in [-0.2, 0) is 14.1 Å². The SMILES string of the molecule is O=[P+]1C=CC=COO1. The summed E-state index contributed by atoms with van der Waals surface area (Å²) < 4.78 is 14.6. The summed E-state index contributed by atoms with van der Waals surface area (Å²) in [6.45, 7) is 0. The molecule has 1 aliphatic rings. The van der Waals surface area contributed by atoms with E-state index in [0.717, 1.165) is 0 Å². The van der Waals surface area contributed by atoms with Gasteiger partial charge in [-0.1, -0.05) is 0 Å². The van der Waals surface area contributed by atoms with Crippen LogP contribution >= 0.6 is 8.03 Å². The van der Waals surface area contributed by atoms with E-state index in [1.54, 1.807) is 12.2 Å². The minimum Gasteiger partial charge on any atom is -0.301 e. The number of hydrogen-bond acceptors (Lipinski definition) is 3. The summed E-state index contributed by atoms with van der Waals surface area (Å²) in [6, 6.07) is 0. The van der Waals surface area contributed by atoms with Gasteiger partial charge in [-0.3, -0.25) is 0 Å². The van der Waals surface area contributed by atoms with Crippen molar-refractivity contribution in [1.82, 2.24) is 0 Å². The number of allylic oxidation sites excluding steroid dienone is 2. The molecule has 1 heterocycles. The van der Waals surface area contributed by atoms with Gasteiger partial charge in [-0.05, 0) is 16.7 Å². The molecule has 0 amide bonds. The van der Waals surface area contributed by atoms with Crippen molar-refractivity contribution >= 4 is 8.03 Å². The quantitative estimate of drug-likeness (QED) is 0.371. The predicted molar refractivity (Wildman–Crippen MR) is 28.1 cm³/mol. The fraction of sp³-hybridized carbons (Fsp3) is 0. The fourth-order valence-corrected chi connectivity index (χ4v) is 0.714. The average Bonchev–Trinajstić information content (AvgIpc) is 1.94. The Hall–Kier alpha value is -0.660. The Balaban J connectivity index is 2.58. The predicted octanol–water partition coefficient (Wildman–Crippen LogP) is 1.72. The monoisotopic (exact) mass is 131 g/mol. The van der Waals surface area contributed by atoms with E-state index >= 15 is 0 Å². The van der Waals surface area contributed by atoms with Crippen molar-refractivity contribution in [2.75, 3.05) is 0 Å². The maximum absolute atomic E-state index is 10.4. The summed E-state index contributed by atoms with van der Waals surface area (Å²) in [4.78, 5) is 4.28. The van der Waals surface area contributed by atoms with Crippen molar-refractivity contribution in [3.05, 3.63) is 24.2 Å². The van der Waals surface area contributed by atoms with Gasteiger partial charge in [-0.15, -0.1) is 0 Å². The lowest BCUT2D eigenvalue weighted by molar-refractivity contribution is -0.140. The Labute approximate surface area is 47.4 Å². The lowest BCUT2D eigenvalue weighted by atomic mass is 10.6. The van der Waals surface area contributed by atoms with Gasteiger partial charge in [-0.2, -0.15) is 0 Å². The van der Waals surface area contributed by atoms with Gasteiger partial charge < -0.3 is 4.89 Å². The molecule has 1 atom stereocenters. The van der Waals surface area contributed by atoms with Crippen molar-refractivity contribution in [2.24, 2.45) is 0 Å². The smallest absolute Gasteiger partial charge is 0.301 e. The van der Waals surface area contributed by atoms with Gasteiger partial charge in [0.2, 0.25) is 0 Å². The molecule has 1 rings (SSSR count). The van der Waals surface area contributed by atoms with Crippen LogP contribution in [0.3, 0.4) is 0 Å². The minimum atomic E-state index is -1.73. The van der Waals surface area contributed by atoms with Crippen LogP contribution in [0.2, 0.25) is 0 Å². The van der Waals surface area contributed by atoms with Crippen LogP contribution in [0.5, 0.6) is 0 Å². The van der Waals surface area contributed by atoms with Gasteiger partial charge in [0.25, 0.3) is 0 Å². The standard InChI is InChI=1S/C4H4O3P/c5-8-4-2-1-3-6-7-8/h1-4H/q+1. The van der Waals surface area contributed by atoms with Crippen molar-refractivity contribution < 1.29 is 14.1 Å². The molecule has 0 fully saturated rings. The molecule has 0 aliphatic carbocycles. The highest BCUT2D eigenvalue weighted by atomic mass is 31.1.